The lowest BCUT2D eigenvalue weighted by atomic mass is 9.82. The first-order chi connectivity index (χ1) is 8.70. The minimum Gasteiger partial charge on any atom is -0.310 e. The first kappa shape index (κ1) is 15.9. The van der Waals surface area contributed by atoms with E-state index in [2.05, 4.69) is 19.2 Å². The topological polar surface area (TPSA) is 12.0 Å². The van der Waals surface area contributed by atoms with Gasteiger partial charge in [-0.25, -0.2) is 4.39 Å². The summed E-state index contributed by atoms with van der Waals surface area (Å²) in [5.74, 6) is 0.625. The van der Waals surface area contributed by atoms with E-state index >= 15 is 0 Å². The molecule has 0 bridgehead atoms. The molecular formula is C16H32FN. The third kappa shape index (κ3) is 6.17. The Morgan fingerprint density at radius 3 is 2.00 bits per heavy atom. The molecule has 1 fully saturated rings. The molecule has 0 spiro atoms. The highest BCUT2D eigenvalue weighted by Crippen LogP contribution is 2.31. The highest BCUT2D eigenvalue weighted by atomic mass is 19.1. The average Bonchev–Trinajstić information content (AvgIpc) is 2.32. The van der Waals surface area contributed by atoms with Crippen LogP contribution in [0.15, 0.2) is 0 Å². The van der Waals surface area contributed by atoms with Gasteiger partial charge in [0, 0.05) is 13.1 Å². The normalized spacial score (nSPS) is 19.5. The fraction of sp³-hybridized carbons (Fsp3) is 1.00. The summed E-state index contributed by atoms with van der Waals surface area (Å²) >= 11 is 0. The predicted octanol–water partition coefficient (Wildman–Crippen LogP) is 4.85. The van der Waals surface area contributed by atoms with E-state index < -0.39 is 5.67 Å². The zero-order valence-electron chi connectivity index (χ0n) is 12.4. The number of halogens is 1. The molecule has 0 aliphatic carbocycles. The van der Waals surface area contributed by atoms with E-state index in [1.807, 2.05) is 0 Å². The van der Waals surface area contributed by atoms with Crippen LogP contribution in [0.4, 0.5) is 4.39 Å². The summed E-state index contributed by atoms with van der Waals surface area (Å²) in [6, 6.07) is 0. The van der Waals surface area contributed by atoms with Gasteiger partial charge in [-0.05, 0) is 12.3 Å². The zero-order valence-corrected chi connectivity index (χ0v) is 12.4. The molecule has 1 saturated heterocycles. The highest BCUT2D eigenvalue weighted by molar-refractivity contribution is 4.94. The van der Waals surface area contributed by atoms with E-state index in [-0.39, 0.29) is 0 Å². The second kappa shape index (κ2) is 8.90. The second-order valence-corrected chi connectivity index (χ2v) is 6.17. The maximum Gasteiger partial charge on any atom is 0.136 e. The summed E-state index contributed by atoms with van der Waals surface area (Å²) in [7, 11) is 0. The van der Waals surface area contributed by atoms with Crippen molar-refractivity contribution < 1.29 is 4.39 Å². The Balaban J connectivity index is 2.22. The monoisotopic (exact) mass is 257 g/mol. The van der Waals surface area contributed by atoms with Crippen LogP contribution in [0.2, 0.25) is 0 Å². The first-order valence-electron chi connectivity index (χ1n) is 8.10. The zero-order chi connectivity index (χ0) is 13.3. The number of nitrogens with one attached hydrogen (secondary N) is 1. The lowest BCUT2D eigenvalue weighted by molar-refractivity contribution is 0.0561. The van der Waals surface area contributed by atoms with Crippen LogP contribution < -0.4 is 5.32 Å². The summed E-state index contributed by atoms with van der Waals surface area (Å²) in [5, 5.41) is 3.08. The standard InChI is InChI=1S/C16H32FN/c1-3-5-7-9-11-15(10-8-6-4-2)12-16(17)13-18-14-16/h15,18H,3-14H2,1-2H3. The van der Waals surface area contributed by atoms with Crippen molar-refractivity contribution in [2.45, 2.75) is 83.7 Å². The van der Waals surface area contributed by atoms with Crippen molar-refractivity contribution in [1.82, 2.24) is 5.32 Å². The molecule has 0 radical (unpaired) electrons. The summed E-state index contributed by atoms with van der Waals surface area (Å²) in [6.45, 7) is 5.66. The van der Waals surface area contributed by atoms with Crippen molar-refractivity contribution in [3.63, 3.8) is 0 Å². The fourth-order valence-corrected chi connectivity index (χ4v) is 2.95. The summed E-state index contributed by atoms with van der Waals surface area (Å²) < 4.78 is 14.2. The Morgan fingerprint density at radius 2 is 1.50 bits per heavy atom. The Bertz CT molecular complexity index is 201. The van der Waals surface area contributed by atoms with E-state index in [0.29, 0.717) is 19.0 Å². The number of unbranched alkanes of at least 4 members (excludes halogenated alkanes) is 5. The molecule has 1 aliphatic heterocycles. The minimum absolute atomic E-state index is 0.590. The third-order valence-electron chi connectivity index (χ3n) is 4.22. The summed E-state index contributed by atoms with van der Waals surface area (Å²) in [5.41, 5.74) is -0.873. The predicted molar refractivity (Wildman–Crippen MR) is 77.7 cm³/mol. The van der Waals surface area contributed by atoms with Crippen LogP contribution >= 0.6 is 0 Å². The second-order valence-electron chi connectivity index (χ2n) is 6.17. The highest BCUT2D eigenvalue weighted by Gasteiger charge is 2.38. The van der Waals surface area contributed by atoms with Gasteiger partial charge in [-0.3, -0.25) is 0 Å². The van der Waals surface area contributed by atoms with Gasteiger partial charge in [0.1, 0.15) is 5.67 Å². The van der Waals surface area contributed by atoms with Gasteiger partial charge in [-0.15, -0.1) is 0 Å². The molecule has 108 valence electrons. The van der Waals surface area contributed by atoms with Gasteiger partial charge in [-0.2, -0.15) is 0 Å². The number of hydrogen-bond donors (Lipinski definition) is 1. The minimum atomic E-state index is -0.873. The SMILES string of the molecule is CCCCCCC(CCCCC)CC1(F)CNC1. The summed E-state index contributed by atoms with van der Waals surface area (Å²) in [6.07, 6.45) is 12.4. The molecule has 1 rings (SSSR count). The molecule has 1 aliphatic rings. The Hall–Kier alpha value is -0.110. The van der Waals surface area contributed by atoms with Crippen LogP contribution in [-0.2, 0) is 0 Å². The maximum atomic E-state index is 14.2. The molecular weight excluding hydrogens is 225 g/mol. The summed E-state index contributed by atoms with van der Waals surface area (Å²) in [4.78, 5) is 0. The van der Waals surface area contributed by atoms with Crippen molar-refractivity contribution in [1.29, 1.82) is 0 Å². The van der Waals surface area contributed by atoms with Crippen LogP contribution in [-0.4, -0.2) is 18.8 Å². The third-order valence-corrected chi connectivity index (χ3v) is 4.22. The van der Waals surface area contributed by atoms with Gasteiger partial charge in [-0.1, -0.05) is 71.6 Å². The van der Waals surface area contributed by atoms with Crippen LogP contribution in [0.3, 0.4) is 0 Å². The van der Waals surface area contributed by atoms with Crippen LogP contribution in [0.1, 0.15) is 78.1 Å². The van der Waals surface area contributed by atoms with Gasteiger partial charge in [0.05, 0.1) is 0 Å². The Kier molecular flexibility index (Phi) is 7.88. The molecule has 0 aromatic carbocycles. The molecule has 0 amide bonds. The van der Waals surface area contributed by atoms with Crippen LogP contribution in [0, 0.1) is 5.92 Å². The van der Waals surface area contributed by atoms with E-state index in [4.69, 9.17) is 0 Å². The fourth-order valence-electron chi connectivity index (χ4n) is 2.95. The smallest absolute Gasteiger partial charge is 0.136 e. The molecule has 1 nitrogen and oxygen atoms in total. The maximum absolute atomic E-state index is 14.2. The van der Waals surface area contributed by atoms with Crippen LogP contribution in [0.5, 0.6) is 0 Å². The van der Waals surface area contributed by atoms with Gasteiger partial charge < -0.3 is 5.32 Å². The molecule has 1 unspecified atom stereocenters. The lowest BCUT2D eigenvalue weighted by Gasteiger charge is -2.37. The number of hydrogen-bond acceptors (Lipinski definition) is 1. The van der Waals surface area contributed by atoms with E-state index in [0.717, 1.165) is 6.42 Å². The lowest BCUT2D eigenvalue weighted by Crippen LogP contribution is -2.57. The first-order valence-corrected chi connectivity index (χ1v) is 8.10. The number of alkyl halides is 1. The Labute approximate surface area is 113 Å². The molecule has 2 heteroatoms. The average molecular weight is 257 g/mol. The van der Waals surface area contributed by atoms with Crippen molar-refractivity contribution in [3.05, 3.63) is 0 Å². The van der Waals surface area contributed by atoms with E-state index in [9.17, 15) is 4.39 Å². The molecule has 18 heavy (non-hydrogen) atoms. The van der Waals surface area contributed by atoms with Gasteiger partial charge in [0.25, 0.3) is 0 Å². The molecule has 1 N–H and O–H groups in total. The van der Waals surface area contributed by atoms with Gasteiger partial charge in [0.2, 0.25) is 0 Å². The molecule has 1 heterocycles. The molecule has 0 aromatic rings. The van der Waals surface area contributed by atoms with Crippen molar-refractivity contribution in [2.24, 2.45) is 5.92 Å². The van der Waals surface area contributed by atoms with E-state index in [1.54, 1.807) is 0 Å². The van der Waals surface area contributed by atoms with Crippen molar-refractivity contribution in [3.8, 4) is 0 Å². The number of rotatable bonds is 11. The molecule has 0 aromatic heterocycles. The van der Waals surface area contributed by atoms with Crippen LogP contribution in [0.25, 0.3) is 0 Å². The van der Waals surface area contributed by atoms with E-state index in [1.165, 1.54) is 57.8 Å². The molecule has 0 saturated carbocycles. The van der Waals surface area contributed by atoms with Crippen molar-refractivity contribution >= 4 is 0 Å². The van der Waals surface area contributed by atoms with Crippen molar-refractivity contribution in [2.75, 3.05) is 13.1 Å². The largest absolute Gasteiger partial charge is 0.310 e. The van der Waals surface area contributed by atoms with Gasteiger partial charge >= 0.3 is 0 Å². The van der Waals surface area contributed by atoms with Gasteiger partial charge in [0.15, 0.2) is 0 Å². The molecule has 1 atom stereocenters. The Morgan fingerprint density at radius 1 is 0.944 bits per heavy atom. The quantitative estimate of drug-likeness (QED) is 0.521.